The minimum absolute atomic E-state index is 0.566. The van der Waals surface area contributed by atoms with Crippen molar-refractivity contribution in [2.45, 2.75) is 51.4 Å². The normalized spacial score (nSPS) is 14.0. The van der Waals surface area contributed by atoms with Crippen molar-refractivity contribution in [1.29, 1.82) is 0 Å². The number of methoxy groups -OCH3 is 3. The molecule has 2 aromatic rings. The number of nitrogens with zero attached hydrogens (tertiary/aromatic N) is 1. The van der Waals surface area contributed by atoms with Gasteiger partial charge in [0.15, 0.2) is 11.5 Å². The Hall–Kier alpha value is -2.64. The molecule has 0 amide bonds. The maximum atomic E-state index is 5.48. The monoisotopic (exact) mass is 449 g/mol. The lowest BCUT2D eigenvalue weighted by atomic mass is 9.89. The van der Waals surface area contributed by atoms with E-state index in [-0.39, 0.29) is 0 Å². The molecule has 0 atom stereocenters. The molecule has 1 fully saturated rings. The Kier molecular flexibility index (Phi) is 9.97. The fraction of sp³-hybridized carbons (Fsp3) is 0.517. The highest BCUT2D eigenvalue weighted by Crippen LogP contribution is 2.28. The smallest absolute Gasteiger partial charge is 0.160 e. The predicted octanol–water partition coefficient (Wildman–Crippen LogP) is 5.75. The van der Waals surface area contributed by atoms with Crippen molar-refractivity contribution in [3.05, 3.63) is 53.1 Å². The second-order valence-corrected chi connectivity index (χ2v) is 8.97. The Labute approximate surface area is 200 Å². The minimum atomic E-state index is 0.566. The topological polar surface area (TPSA) is 30.9 Å². The maximum absolute atomic E-state index is 5.48. The third-order valence-corrected chi connectivity index (χ3v) is 6.54. The van der Waals surface area contributed by atoms with Crippen molar-refractivity contribution in [3.8, 4) is 29.1 Å². The second kappa shape index (κ2) is 13.2. The Bertz CT molecular complexity index is 938. The summed E-state index contributed by atoms with van der Waals surface area (Å²) in [6.07, 6.45) is 9.60. The van der Waals surface area contributed by atoms with E-state index in [0.29, 0.717) is 5.92 Å². The fourth-order valence-corrected chi connectivity index (χ4v) is 4.46. The molecule has 0 unspecified atom stereocenters. The molecule has 1 aliphatic carbocycles. The first kappa shape index (κ1) is 25.0. The van der Waals surface area contributed by atoms with Gasteiger partial charge in [0.1, 0.15) is 5.75 Å². The molecule has 0 bridgehead atoms. The Balaban J connectivity index is 1.53. The van der Waals surface area contributed by atoms with E-state index in [9.17, 15) is 0 Å². The summed E-state index contributed by atoms with van der Waals surface area (Å²) >= 11 is 0. The summed E-state index contributed by atoms with van der Waals surface area (Å²) in [5.74, 6) is 10.1. The van der Waals surface area contributed by atoms with Crippen LogP contribution >= 0.6 is 0 Å². The number of hydrogen-bond acceptors (Lipinski definition) is 4. The van der Waals surface area contributed by atoms with Crippen LogP contribution in [0, 0.1) is 17.8 Å². The largest absolute Gasteiger partial charge is 0.497 e. The molecule has 0 N–H and O–H groups in total. The van der Waals surface area contributed by atoms with E-state index in [2.05, 4.69) is 48.1 Å². The molecule has 0 aromatic heterocycles. The van der Waals surface area contributed by atoms with Crippen LogP contribution in [-0.2, 0) is 12.8 Å². The zero-order valence-corrected chi connectivity index (χ0v) is 20.8. The second-order valence-electron chi connectivity index (χ2n) is 8.97. The molecule has 0 radical (unpaired) electrons. The SMILES string of the molecule is COc1ccc(C#CC2CCCCC2)c(CCCN(C)CCc2ccc(OC)c(OC)c2)c1. The van der Waals surface area contributed by atoms with Gasteiger partial charge < -0.3 is 19.1 Å². The van der Waals surface area contributed by atoms with Gasteiger partial charge in [0.05, 0.1) is 21.3 Å². The molecule has 2 aromatic carbocycles. The molecule has 0 heterocycles. The summed E-state index contributed by atoms with van der Waals surface area (Å²) in [5, 5.41) is 0. The summed E-state index contributed by atoms with van der Waals surface area (Å²) in [4.78, 5) is 2.39. The van der Waals surface area contributed by atoms with Gasteiger partial charge in [0.2, 0.25) is 0 Å². The van der Waals surface area contributed by atoms with Crippen molar-refractivity contribution < 1.29 is 14.2 Å². The van der Waals surface area contributed by atoms with Gasteiger partial charge in [-0.3, -0.25) is 0 Å². The third-order valence-electron chi connectivity index (χ3n) is 6.54. The maximum Gasteiger partial charge on any atom is 0.160 e. The molecule has 4 nitrogen and oxygen atoms in total. The van der Waals surface area contributed by atoms with Crippen molar-refractivity contribution in [2.75, 3.05) is 41.5 Å². The zero-order chi connectivity index (χ0) is 23.5. The molecule has 33 heavy (non-hydrogen) atoms. The van der Waals surface area contributed by atoms with Gasteiger partial charge in [0, 0.05) is 18.0 Å². The summed E-state index contributed by atoms with van der Waals surface area (Å²) in [7, 11) is 7.27. The van der Waals surface area contributed by atoms with Gasteiger partial charge in [-0.25, -0.2) is 0 Å². The lowest BCUT2D eigenvalue weighted by Crippen LogP contribution is -2.23. The molecule has 0 aliphatic heterocycles. The lowest BCUT2D eigenvalue weighted by Gasteiger charge is -2.18. The minimum Gasteiger partial charge on any atom is -0.497 e. The molecule has 3 rings (SSSR count). The molecule has 1 aliphatic rings. The Morgan fingerprint density at radius 3 is 2.36 bits per heavy atom. The van der Waals surface area contributed by atoms with E-state index in [1.165, 1.54) is 43.2 Å². The van der Waals surface area contributed by atoms with Gasteiger partial charge in [0.25, 0.3) is 0 Å². The Morgan fingerprint density at radius 2 is 1.64 bits per heavy atom. The van der Waals surface area contributed by atoms with Crippen LogP contribution in [0.3, 0.4) is 0 Å². The Morgan fingerprint density at radius 1 is 0.848 bits per heavy atom. The number of likely N-dealkylation sites (N-methyl/N-ethyl adjacent to an activating group) is 1. The van der Waals surface area contributed by atoms with E-state index in [4.69, 9.17) is 14.2 Å². The van der Waals surface area contributed by atoms with Crippen LogP contribution < -0.4 is 14.2 Å². The van der Waals surface area contributed by atoms with Gasteiger partial charge in [-0.15, -0.1) is 0 Å². The molecule has 0 saturated heterocycles. The van der Waals surface area contributed by atoms with Crippen molar-refractivity contribution >= 4 is 0 Å². The first-order valence-corrected chi connectivity index (χ1v) is 12.2. The zero-order valence-electron chi connectivity index (χ0n) is 20.8. The van der Waals surface area contributed by atoms with E-state index >= 15 is 0 Å². The molecule has 4 heteroatoms. The lowest BCUT2D eigenvalue weighted by molar-refractivity contribution is 0.332. The van der Waals surface area contributed by atoms with Gasteiger partial charge in [-0.05, 0) is 87.2 Å². The average molecular weight is 450 g/mol. The fourth-order valence-electron chi connectivity index (χ4n) is 4.46. The summed E-state index contributed by atoms with van der Waals surface area (Å²) in [6.45, 7) is 2.04. The van der Waals surface area contributed by atoms with E-state index in [1.807, 2.05) is 12.1 Å². The predicted molar refractivity (Wildman–Crippen MR) is 136 cm³/mol. The molecular weight excluding hydrogens is 410 g/mol. The van der Waals surface area contributed by atoms with Gasteiger partial charge in [-0.2, -0.15) is 0 Å². The number of rotatable bonds is 10. The molecule has 178 valence electrons. The highest BCUT2D eigenvalue weighted by molar-refractivity contribution is 5.46. The van der Waals surface area contributed by atoms with Crippen LogP contribution in [0.1, 0.15) is 55.2 Å². The average Bonchev–Trinajstić information content (AvgIpc) is 2.87. The van der Waals surface area contributed by atoms with E-state index < -0.39 is 0 Å². The van der Waals surface area contributed by atoms with Crippen LogP contribution in [-0.4, -0.2) is 46.4 Å². The van der Waals surface area contributed by atoms with Crippen molar-refractivity contribution in [3.63, 3.8) is 0 Å². The molecular formula is C29H39NO3. The molecule has 0 spiro atoms. The van der Waals surface area contributed by atoms with Crippen molar-refractivity contribution in [1.82, 2.24) is 4.90 Å². The van der Waals surface area contributed by atoms with Crippen LogP contribution in [0.5, 0.6) is 17.2 Å². The van der Waals surface area contributed by atoms with E-state index in [1.54, 1.807) is 21.3 Å². The first-order chi connectivity index (χ1) is 16.1. The van der Waals surface area contributed by atoms with Crippen LogP contribution in [0.25, 0.3) is 0 Å². The van der Waals surface area contributed by atoms with Gasteiger partial charge >= 0.3 is 0 Å². The first-order valence-electron chi connectivity index (χ1n) is 12.2. The third kappa shape index (κ3) is 7.72. The molecule has 1 saturated carbocycles. The van der Waals surface area contributed by atoms with Crippen LogP contribution in [0.4, 0.5) is 0 Å². The van der Waals surface area contributed by atoms with Gasteiger partial charge in [-0.1, -0.05) is 37.2 Å². The van der Waals surface area contributed by atoms with Crippen LogP contribution in [0.15, 0.2) is 36.4 Å². The summed E-state index contributed by atoms with van der Waals surface area (Å²) in [6, 6.07) is 12.5. The van der Waals surface area contributed by atoms with E-state index in [0.717, 1.165) is 55.2 Å². The highest BCUT2D eigenvalue weighted by Gasteiger charge is 2.11. The van der Waals surface area contributed by atoms with Crippen molar-refractivity contribution in [2.24, 2.45) is 5.92 Å². The number of aryl methyl sites for hydroxylation is 1. The quantitative estimate of drug-likeness (QED) is 0.432. The summed E-state index contributed by atoms with van der Waals surface area (Å²) < 4.78 is 16.2. The van der Waals surface area contributed by atoms with Crippen LogP contribution in [0.2, 0.25) is 0 Å². The number of benzene rings is 2. The standard InChI is InChI=1S/C29H39NO3/c1-30(20-18-24-13-17-28(32-3)29(21-24)33-4)19-8-11-26-22-27(31-2)16-15-25(26)14-12-23-9-6-5-7-10-23/h13,15-17,21-23H,5-11,18-20H2,1-4H3. The summed E-state index contributed by atoms with van der Waals surface area (Å²) in [5.41, 5.74) is 3.72. The number of ether oxygens (including phenoxy) is 3. The highest BCUT2D eigenvalue weighted by atomic mass is 16.5. The number of hydrogen-bond donors (Lipinski definition) is 0.